The lowest BCUT2D eigenvalue weighted by atomic mass is 10.1. The predicted molar refractivity (Wildman–Crippen MR) is 114 cm³/mol. The van der Waals surface area contributed by atoms with Crippen LogP contribution in [0.4, 0.5) is 5.69 Å². The van der Waals surface area contributed by atoms with E-state index < -0.39 is 26.4 Å². The van der Waals surface area contributed by atoms with Gasteiger partial charge in [-0.2, -0.15) is 0 Å². The summed E-state index contributed by atoms with van der Waals surface area (Å²) >= 11 is 0. The van der Waals surface area contributed by atoms with Gasteiger partial charge in [-0.1, -0.05) is 30.3 Å². The maximum atomic E-state index is 12.5. The average molecular weight is 441 g/mol. The molecular weight excluding hydrogens is 422 g/mol. The highest BCUT2D eigenvalue weighted by molar-refractivity contribution is 7.90. The van der Waals surface area contributed by atoms with Crippen LogP contribution < -0.4 is 10.9 Å². The van der Waals surface area contributed by atoms with Gasteiger partial charge in [-0.05, 0) is 23.3 Å². The monoisotopic (exact) mass is 441 g/mol. The van der Waals surface area contributed by atoms with Gasteiger partial charge in [-0.25, -0.2) is 8.42 Å². The van der Waals surface area contributed by atoms with Crippen LogP contribution in [0.25, 0.3) is 0 Å². The number of nitrogens with zero attached hydrogens (tertiary/aromatic N) is 2. The third-order valence-electron chi connectivity index (χ3n) is 4.52. The molecule has 9 nitrogen and oxygen atoms in total. The molecule has 0 saturated carbocycles. The lowest BCUT2D eigenvalue weighted by molar-refractivity contribution is -0.385. The van der Waals surface area contributed by atoms with E-state index in [1.54, 1.807) is 35.0 Å². The zero-order chi connectivity index (χ0) is 22.6. The normalized spacial score (nSPS) is 11.1. The Kier molecular flexibility index (Phi) is 6.30. The minimum Gasteiger partial charge on any atom is -0.348 e. The van der Waals surface area contributed by atoms with E-state index in [0.29, 0.717) is 6.54 Å². The molecule has 0 aliphatic heterocycles. The third-order valence-corrected chi connectivity index (χ3v) is 5.61. The molecule has 2 aromatic carbocycles. The smallest absolute Gasteiger partial charge is 0.271 e. The van der Waals surface area contributed by atoms with Crippen LogP contribution in [-0.2, 0) is 22.9 Å². The first-order valence-corrected chi connectivity index (χ1v) is 11.0. The van der Waals surface area contributed by atoms with Crippen LogP contribution in [0, 0.1) is 10.1 Å². The van der Waals surface area contributed by atoms with Gasteiger partial charge in [0.05, 0.1) is 16.4 Å². The Labute approximate surface area is 178 Å². The highest BCUT2D eigenvalue weighted by Crippen LogP contribution is 2.21. The van der Waals surface area contributed by atoms with Crippen molar-refractivity contribution in [2.45, 2.75) is 18.0 Å². The number of amides is 1. The summed E-state index contributed by atoms with van der Waals surface area (Å²) in [6.45, 7) is 0.551. The van der Waals surface area contributed by atoms with Crippen LogP contribution in [0.15, 0.2) is 76.6 Å². The predicted octanol–water partition coefficient (Wildman–Crippen LogP) is 2.14. The van der Waals surface area contributed by atoms with E-state index >= 15 is 0 Å². The summed E-state index contributed by atoms with van der Waals surface area (Å²) in [5.41, 5.74) is 0.971. The largest absolute Gasteiger partial charge is 0.348 e. The summed E-state index contributed by atoms with van der Waals surface area (Å²) in [5.74, 6) is -0.631. The molecule has 0 radical (unpaired) electrons. The van der Waals surface area contributed by atoms with Crippen molar-refractivity contribution in [1.29, 1.82) is 0 Å². The minimum atomic E-state index is -3.72. The molecule has 1 heterocycles. The van der Waals surface area contributed by atoms with E-state index in [-0.39, 0.29) is 22.6 Å². The molecule has 0 unspecified atom stereocenters. The maximum Gasteiger partial charge on any atom is 0.271 e. The van der Waals surface area contributed by atoms with Gasteiger partial charge in [0.25, 0.3) is 17.2 Å². The van der Waals surface area contributed by atoms with E-state index in [9.17, 15) is 28.1 Å². The number of hydrogen-bond acceptors (Lipinski definition) is 6. The van der Waals surface area contributed by atoms with E-state index in [4.69, 9.17) is 0 Å². The first kappa shape index (κ1) is 21.9. The zero-order valence-corrected chi connectivity index (χ0v) is 17.3. The van der Waals surface area contributed by atoms with Crippen molar-refractivity contribution in [2.75, 3.05) is 6.26 Å². The Balaban J connectivity index is 1.71. The summed E-state index contributed by atoms with van der Waals surface area (Å²) in [7, 11) is -3.72. The molecule has 160 valence electrons. The van der Waals surface area contributed by atoms with Crippen molar-refractivity contribution in [3.63, 3.8) is 0 Å². The molecule has 1 amide bonds. The van der Waals surface area contributed by atoms with Crippen molar-refractivity contribution in [1.82, 2.24) is 9.88 Å². The van der Waals surface area contributed by atoms with Crippen LogP contribution in [0.3, 0.4) is 0 Å². The van der Waals surface area contributed by atoms with Crippen molar-refractivity contribution in [2.24, 2.45) is 0 Å². The van der Waals surface area contributed by atoms with Crippen molar-refractivity contribution in [3.05, 3.63) is 104 Å². The number of rotatable bonds is 7. The van der Waals surface area contributed by atoms with Gasteiger partial charge in [0.2, 0.25) is 0 Å². The first-order valence-electron chi connectivity index (χ1n) is 9.14. The van der Waals surface area contributed by atoms with Crippen LogP contribution in [-0.4, -0.2) is 30.1 Å². The number of non-ortho nitro benzene ring substituents is 1. The summed E-state index contributed by atoms with van der Waals surface area (Å²) in [6.07, 6.45) is 2.61. The lowest BCUT2D eigenvalue weighted by Crippen LogP contribution is -2.23. The molecule has 0 saturated heterocycles. The van der Waals surface area contributed by atoms with E-state index in [0.717, 1.165) is 35.6 Å². The zero-order valence-electron chi connectivity index (χ0n) is 16.5. The highest BCUT2D eigenvalue weighted by atomic mass is 32.2. The van der Waals surface area contributed by atoms with Gasteiger partial charge in [0.15, 0.2) is 9.84 Å². The van der Waals surface area contributed by atoms with Crippen LogP contribution >= 0.6 is 0 Å². The van der Waals surface area contributed by atoms with Crippen molar-refractivity contribution >= 4 is 21.4 Å². The van der Waals surface area contributed by atoms with Crippen molar-refractivity contribution in [3.8, 4) is 0 Å². The fraction of sp³-hybridized carbons (Fsp3) is 0.143. The molecule has 1 aromatic heterocycles. The number of aromatic nitrogens is 1. The number of pyridine rings is 1. The molecule has 0 bridgehead atoms. The van der Waals surface area contributed by atoms with Crippen LogP contribution in [0.1, 0.15) is 21.5 Å². The Morgan fingerprint density at radius 2 is 1.74 bits per heavy atom. The molecule has 3 aromatic rings. The Morgan fingerprint density at radius 1 is 1.06 bits per heavy atom. The maximum absolute atomic E-state index is 12.5. The fourth-order valence-electron chi connectivity index (χ4n) is 2.87. The van der Waals surface area contributed by atoms with Crippen LogP contribution in [0.5, 0.6) is 0 Å². The van der Waals surface area contributed by atoms with Gasteiger partial charge in [-0.15, -0.1) is 0 Å². The number of hydrogen-bond donors (Lipinski definition) is 1. The second-order valence-electron chi connectivity index (χ2n) is 6.91. The number of carbonyl (C=O) groups excluding carboxylic acids is 1. The molecule has 31 heavy (non-hydrogen) atoms. The summed E-state index contributed by atoms with van der Waals surface area (Å²) in [6, 6.07) is 15.2. The van der Waals surface area contributed by atoms with Gasteiger partial charge in [-0.3, -0.25) is 19.7 Å². The van der Waals surface area contributed by atoms with Gasteiger partial charge < -0.3 is 9.88 Å². The molecular formula is C21H19N3O6S. The molecule has 0 aliphatic carbocycles. The number of sulfone groups is 1. The fourth-order valence-corrected chi connectivity index (χ4v) is 3.54. The van der Waals surface area contributed by atoms with Gasteiger partial charge in [0.1, 0.15) is 0 Å². The summed E-state index contributed by atoms with van der Waals surface area (Å²) in [5, 5.41) is 13.7. The molecule has 0 atom stereocenters. The SMILES string of the molecule is CS(=O)(=O)c1cc(C(=O)NCc2ccc(Cn3ccccc3=O)cc2)cc([N+](=O)[O-])c1. The minimum absolute atomic E-state index is 0.107. The highest BCUT2D eigenvalue weighted by Gasteiger charge is 2.19. The molecule has 1 N–H and O–H groups in total. The number of nitro benzene ring substituents is 1. The molecule has 10 heteroatoms. The summed E-state index contributed by atoms with van der Waals surface area (Å²) < 4.78 is 25.1. The van der Waals surface area contributed by atoms with Crippen molar-refractivity contribution < 1.29 is 18.1 Å². The Hall–Kier alpha value is -3.79. The molecule has 0 fully saturated rings. The van der Waals surface area contributed by atoms with E-state index in [1.807, 2.05) is 12.1 Å². The quantitative estimate of drug-likeness (QED) is 0.442. The number of carbonyl (C=O) groups is 1. The second kappa shape index (κ2) is 8.92. The van der Waals surface area contributed by atoms with E-state index in [2.05, 4.69) is 5.32 Å². The lowest BCUT2D eigenvalue weighted by Gasteiger charge is -2.09. The molecule has 0 spiro atoms. The van der Waals surface area contributed by atoms with E-state index in [1.165, 1.54) is 6.07 Å². The number of nitro groups is 1. The second-order valence-corrected chi connectivity index (χ2v) is 8.93. The molecule has 0 aliphatic rings. The average Bonchev–Trinajstić information content (AvgIpc) is 2.73. The number of benzene rings is 2. The number of nitrogens with one attached hydrogen (secondary N) is 1. The van der Waals surface area contributed by atoms with Gasteiger partial charge >= 0.3 is 0 Å². The third kappa shape index (κ3) is 5.64. The van der Waals surface area contributed by atoms with Gasteiger partial charge in [0, 0.05) is 42.8 Å². The Morgan fingerprint density at radius 3 is 2.35 bits per heavy atom. The van der Waals surface area contributed by atoms with Crippen LogP contribution in [0.2, 0.25) is 0 Å². The standard InChI is InChI=1S/C21H19N3O6S/c1-31(29,30)19-11-17(10-18(12-19)24(27)28)21(26)22-13-15-5-7-16(8-6-15)14-23-9-3-2-4-20(23)25/h2-12H,13-14H2,1H3,(H,22,26). The topological polar surface area (TPSA) is 128 Å². The first-order chi connectivity index (χ1) is 14.6. The Bertz CT molecular complexity index is 1300. The molecule has 3 rings (SSSR count). The summed E-state index contributed by atoms with van der Waals surface area (Å²) in [4.78, 5) is 34.3.